The summed E-state index contributed by atoms with van der Waals surface area (Å²) < 4.78 is 4.63. The van der Waals surface area contributed by atoms with Gasteiger partial charge in [0, 0.05) is 45.1 Å². The number of nitrogens with two attached hydrogens (primary N) is 1. The second-order valence-corrected chi connectivity index (χ2v) is 8.42. The Labute approximate surface area is 180 Å². The van der Waals surface area contributed by atoms with Crippen LogP contribution in [0, 0.1) is 0 Å². The molecular weight excluding hydrogens is 394 g/mol. The molecule has 1 fully saturated rings. The van der Waals surface area contributed by atoms with E-state index in [0.717, 1.165) is 30.5 Å². The average molecular weight is 424 g/mol. The maximum atomic E-state index is 13.5. The van der Waals surface area contributed by atoms with Gasteiger partial charge in [-0.05, 0) is 38.3 Å². The Hall–Kier alpha value is -3.20. The van der Waals surface area contributed by atoms with Crippen molar-refractivity contribution in [2.45, 2.75) is 45.8 Å². The Bertz CT molecular complexity index is 1230. The van der Waals surface area contributed by atoms with Crippen LogP contribution >= 0.6 is 0 Å². The van der Waals surface area contributed by atoms with Crippen LogP contribution in [0.25, 0.3) is 11.2 Å². The highest BCUT2D eigenvalue weighted by molar-refractivity contribution is 5.74. The Kier molecular flexibility index (Phi) is 5.77. The minimum absolute atomic E-state index is 0.0662. The number of anilines is 1. The summed E-state index contributed by atoms with van der Waals surface area (Å²) in [5, 5.41) is 0. The molecule has 1 atom stereocenters. The molecule has 1 aliphatic heterocycles. The molecule has 4 heterocycles. The fraction of sp³-hybridized carbons (Fsp3) is 0.455. The van der Waals surface area contributed by atoms with Crippen molar-refractivity contribution >= 4 is 17.1 Å². The molecule has 0 amide bonds. The summed E-state index contributed by atoms with van der Waals surface area (Å²) in [5.74, 6) is 0.689. The molecule has 3 aromatic rings. The number of pyridine rings is 1. The van der Waals surface area contributed by atoms with Gasteiger partial charge in [-0.1, -0.05) is 17.7 Å². The fourth-order valence-electron chi connectivity index (χ4n) is 4.05. The maximum Gasteiger partial charge on any atom is 0.332 e. The standard InChI is InChI=1S/C22H29N7O2/c1-15(2)8-11-28-18-19(25-21(28)27-10-5-7-17(23)14-27)26(3)22(31)29(20(18)30)13-16-6-4-9-24-12-16/h4,6,8-9,12,17H,5,7,10-11,13-14,23H2,1-3H3. The van der Waals surface area contributed by atoms with Gasteiger partial charge in [0.15, 0.2) is 11.2 Å². The van der Waals surface area contributed by atoms with Crippen molar-refractivity contribution < 1.29 is 0 Å². The number of aryl methyl sites for hydroxylation is 1. The molecule has 0 saturated carbocycles. The molecule has 2 N–H and O–H groups in total. The van der Waals surface area contributed by atoms with Crippen molar-refractivity contribution in [2.24, 2.45) is 12.8 Å². The molecule has 9 heteroatoms. The quantitative estimate of drug-likeness (QED) is 0.619. The molecular formula is C22H29N7O2. The lowest BCUT2D eigenvalue weighted by atomic mass is 10.1. The third kappa shape index (κ3) is 4.05. The number of nitrogens with zero attached hydrogens (tertiary/aromatic N) is 6. The summed E-state index contributed by atoms with van der Waals surface area (Å²) in [6.07, 6.45) is 7.33. The van der Waals surface area contributed by atoms with Crippen molar-refractivity contribution in [3.05, 3.63) is 62.6 Å². The summed E-state index contributed by atoms with van der Waals surface area (Å²) in [4.78, 5) is 37.6. The zero-order chi connectivity index (χ0) is 22.1. The number of imidazole rings is 1. The predicted molar refractivity (Wildman–Crippen MR) is 121 cm³/mol. The predicted octanol–water partition coefficient (Wildman–Crippen LogP) is 1.23. The molecule has 0 bridgehead atoms. The second kappa shape index (κ2) is 8.50. The largest absolute Gasteiger partial charge is 0.341 e. The third-order valence-corrected chi connectivity index (χ3v) is 5.70. The van der Waals surface area contributed by atoms with Gasteiger partial charge >= 0.3 is 5.69 Å². The molecule has 31 heavy (non-hydrogen) atoms. The molecule has 0 aliphatic carbocycles. The zero-order valence-corrected chi connectivity index (χ0v) is 18.3. The van der Waals surface area contributed by atoms with E-state index in [2.05, 4.69) is 16.0 Å². The lowest BCUT2D eigenvalue weighted by molar-refractivity contribution is 0.495. The Morgan fingerprint density at radius 3 is 2.77 bits per heavy atom. The second-order valence-electron chi connectivity index (χ2n) is 8.42. The van der Waals surface area contributed by atoms with E-state index in [1.165, 1.54) is 9.13 Å². The summed E-state index contributed by atoms with van der Waals surface area (Å²) in [6.45, 7) is 6.20. The van der Waals surface area contributed by atoms with Crippen molar-refractivity contribution in [3.63, 3.8) is 0 Å². The lowest BCUT2D eigenvalue weighted by Gasteiger charge is -2.31. The van der Waals surface area contributed by atoms with Gasteiger partial charge in [-0.2, -0.15) is 4.98 Å². The maximum absolute atomic E-state index is 13.5. The molecule has 1 saturated heterocycles. The van der Waals surface area contributed by atoms with Crippen LogP contribution in [0.1, 0.15) is 32.3 Å². The third-order valence-electron chi connectivity index (χ3n) is 5.70. The minimum Gasteiger partial charge on any atom is -0.341 e. The van der Waals surface area contributed by atoms with Crippen molar-refractivity contribution in [1.82, 2.24) is 23.7 Å². The highest BCUT2D eigenvalue weighted by Crippen LogP contribution is 2.23. The topological polar surface area (TPSA) is 104 Å². The van der Waals surface area contributed by atoms with E-state index in [1.54, 1.807) is 25.5 Å². The van der Waals surface area contributed by atoms with Gasteiger partial charge in [0.1, 0.15) is 0 Å². The molecule has 164 valence electrons. The summed E-state index contributed by atoms with van der Waals surface area (Å²) in [5.41, 5.74) is 8.23. The molecule has 9 nitrogen and oxygen atoms in total. The number of aromatic nitrogens is 5. The molecule has 3 aromatic heterocycles. The van der Waals surface area contributed by atoms with Crippen LogP contribution in [0.15, 0.2) is 45.8 Å². The monoisotopic (exact) mass is 423 g/mol. The van der Waals surface area contributed by atoms with E-state index in [9.17, 15) is 9.59 Å². The SMILES string of the molecule is CC(C)=CCn1c(N2CCCC(N)C2)nc2c1c(=O)n(Cc1cccnc1)c(=O)n2C. The molecule has 1 unspecified atom stereocenters. The van der Waals surface area contributed by atoms with Crippen LogP contribution < -0.4 is 21.9 Å². The molecule has 1 aliphatic rings. The zero-order valence-electron chi connectivity index (χ0n) is 18.3. The van der Waals surface area contributed by atoms with Crippen LogP contribution in [-0.4, -0.2) is 42.8 Å². The first-order chi connectivity index (χ1) is 14.9. The van der Waals surface area contributed by atoms with Crippen LogP contribution in [0.5, 0.6) is 0 Å². The summed E-state index contributed by atoms with van der Waals surface area (Å²) in [6, 6.07) is 3.71. The molecule has 0 aromatic carbocycles. The number of fused-ring (bicyclic) bond motifs is 1. The number of piperidine rings is 1. The van der Waals surface area contributed by atoms with E-state index in [0.29, 0.717) is 30.2 Å². The highest BCUT2D eigenvalue weighted by atomic mass is 16.2. The van der Waals surface area contributed by atoms with Crippen molar-refractivity contribution in [3.8, 4) is 0 Å². The number of hydrogen-bond acceptors (Lipinski definition) is 6. The van der Waals surface area contributed by atoms with Gasteiger partial charge in [-0.3, -0.25) is 18.9 Å². The summed E-state index contributed by atoms with van der Waals surface area (Å²) >= 11 is 0. The molecule has 0 spiro atoms. The average Bonchev–Trinajstić information content (AvgIpc) is 3.14. The van der Waals surface area contributed by atoms with E-state index < -0.39 is 5.69 Å². The molecule has 0 radical (unpaired) electrons. The Morgan fingerprint density at radius 2 is 2.10 bits per heavy atom. The fourth-order valence-corrected chi connectivity index (χ4v) is 4.05. The lowest BCUT2D eigenvalue weighted by Crippen LogP contribution is -2.44. The van der Waals surface area contributed by atoms with E-state index in [-0.39, 0.29) is 18.1 Å². The number of rotatable bonds is 5. The van der Waals surface area contributed by atoms with Gasteiger partial charge in [0.25, 0.3) is 5.56 Å². The van der Waals surface area contributed by atoms with Crippen molar-refractivity contribution in [1.29, 1.82) is 0 Å². The van der Waals surface area contributed by atoms with Crippen LogP contribution in [0.3, 0.4) is 0 Å². The normalized spacial score (nSPS) is 16.6. The van der Waals surface area contributed by atoms with Gasteiger partial charge in [0.2, 0.25) is 5.95 Å². The summed E-state index contributed by atoms with van der Waals surface area (Å²) in [7, 11) is 1.66. The number of allylic oxidation sites excluding steroid dienone is 2. The van der Waals surface area contributed by atoms with Gasteiger partial charge in [-0.15, -0.1) is 0 Å². The Morgan fingerprint density at radius 1 is 1.29 bits per heavy atom. The highest BCUT2D eigenvalue weighted by Gasteiger charge is 2.26. The van der Waals surface area contributed by atoms with E-state index >= 15 is 0 Å². The first-order valence-electron chi connectivity index (χ1n) is 10.6. The first kappa shape index (κ1) is 21.0. The Balaban J connectivity index is 1.93. The van der Waals surface area contributed by atoms with Crippen LogP contribution in [-0.2, 0) is 20.1 Å². The van der Waals surface area contributed by atoms with Crippen LogP contribution in [0.2, 0.25) is 0 Å². The number of hydrogen-bond donors (Lipinski definition) is 1. The van der Waals surface area contributed by atoms with Gasteiger partial charge < -0.3 is 15.2 Å². The van der Waals surface area contributed by atoms with E-state index in [1.807, 2.05) is 24.5 Å². The van der Waals surface area contributed by atoms with E-state index in [4.69, 9.17) is 10.7 Å². The van der Waals surface area contributed by atoms with Gasteiger partial charge in [0.05, 0.1) is 6.54 Å². The first-order valence-corrected chi connectivity index (χ1v) is 10.6. The minimum atomic E-state index is -0.393. The van der Waals surface area contributed by atoms with Gasteiger partial charge in [-0.25, -0.2) is 4.79 Å². The smallest absolute Gasteiger partial charge is 0.332 e. The van der Waals surface area contributed by atoms with Crippen molar-refractivity contribution in [2.75, 3.05) is 18.0 Å². The molecule has 4 rings (SSSR count). The van der Waals surface area contributed by atoms with Crippen LogP contribution in [0.4, 0.5) is 5.95 Å².